The number of hydrogen-bond donors (Lipinski definition) is 1. The first-order valence-corrected chi connectivity index (χ1v) is 7.51. The Morgan fingerprint density at radius 3 is 2.48 bits per heavy atom. The second-order valence-electron chi connectivity index (χ2n) is 5.88. The highest BCUT2D eigenvalue weighted by molar-refractivity contribution is 5.81. The lowest BCUT2D eigenvalue weighted by molar-refractivity contribution is -0.127. The highest BCUT2D eigenvalue weighted by Crippen LogP contribution is 2.09. The van der Waals surface area contributed by atoms with Crippen LogP contribution in [-0.2, 0) is 11.3 Å². The standard InChI is InChI=1S/C14H25N5O2/c1-10(2)15-14(20)11(3)19-7-5-18(6-8-19)9-13-16-12(4)21-17-13/h10-11H,5-9H2,1-4H3,(H,15,20). The van der Waals surface area contributed by atoms with Crippen LogP contribution in [0.15, 0.2) is 4.52 Å². The predicted octanol–water partition coefficient (Wildman–Crippen LogP) is 0.409. The Balaban J connectivity index is 1.78. The fourth-order valence-corrected chi connectivity index (χ4v) is 2.49. The second-order valence-corrected chi connectivity index (χ2v) is 5.88. The number of carbonyl (C=O) groups is 1. The van der Waals surface area contributed by atoms with Crippen LogP contribution >= 0.6 is 0 Å². The first-order valence-electron chi connectivity index (χ1n) is 7.51. The van der Waals surface area contributed by atoms with Gasteiger partial charge in [-0.1, -0.05) is 5.16 Å². The first kappa shape index (κ1) is 15.9. The van der Waals surface area contributed by atoms with E-state index in [1.54, 1.807) is 6.92 Å². The molecule has 21 heavy (non-hydrogen) atoms. The molecule has 1 unspecified atom stereocenters. The molecule has 1 aromatic rings. The lowest BCUT2D eigenvalue weighted by Crippen LogP contribution is -2.54. The molecular formula is C14H25N5O2. The summed E-state index contributed by atoms with van der Waals surface area (Å²) in [5.41, 5.74) is 0. The number of amides is 1. The van der Waals surface area contributed by atoms with Gasteiger partial charge in [0.25, 0.3) is 0 Å². The van der Waals surface area contributed by atoms with Crippen molar-refractivity contribution in [3.8, 4) is 0 Å². The average Bonchev–Trinajstić information content (AvgIpc) is 2.83. The quantitative estimate of drug-likeness (QED) is 0.848. The Hall–Kier alpha value is -1.47. The van der Waals surface area contributed by atoms with Gasteiger partial charge in [0.05, 0.1) is 12.6 Å². The molecule has 1 aliphatic rings. The van der Waals surface area contributed by atoms with Gasteiger partial charge in [-0.15, -0.1) is 0 Å². The average molecular weight is 295 g/mol. The van der Waals surface area contributed by atoms with Crippen molar-refractivity contribution < 1.29 is 9.32 Å². The summed E-state index contributed by atoms with van der Waals surface area (Å²) in [6, 6.07) is 0.102. The van der Waals surface area contributed by atoms with Gasteiger partial charge in [-0.3, -0.25) is 14.6 Å². The van der Waals surface area contributed by atoms with Gasteiger partial charge in [0, 0.05) is 39.1 Å². The van der Waals surface area contributed by atoms with Crippen molar-refractivity contribution in [2.24, 2.45) is 0 Å². The summed E-state index contributed by atoms with van der Waals surface area (Å²) in [6.45, 7) is 12.0. The van der Waals surface area contributed by atoms with Crippen LogP contribution in [0, 0.1) is 6.92 Å². The van der Waals surface area contributed by atoms with E-state index in [1.807, 2.05) is 20.8 Å². The molecule has 1 amide bonds. The fourth-order valence-electron chi connectivity index (χ4n) is 2.49. The Bertz CT molecular complexity index is 466. The van der Waals surface area contributed by atoms with Crippen LogP contribution in [0.2, 0.25) is 0 Å². The Morgan fingerprint density at radius 2 is 1.95 bits per heavy atom. The van der Waals surface area contributed by atoms with Crippen LogP contribution in [0.5, 0.6) is 0 Å². The molecule has 2 rings (SSSR count). The minimum absolute atomic E-state index is 0.0815. The largest absolute Gasteiger partial charge is 0.353 e. The van der Waals surface area contributed by atoms with E-state index in [0.29, 0.717) is 12.4 Å². The van der Waals surface area contributed by atoms with Gasteiger partial charge in [-0.05, 0) is 20.8 Å². The molecule has 1 N–H and O–H groups in total. The number of aryl methyl sites for hydroxylation is 1. The molecule has 118 valence electrons. The molecule has 0 radical (unpaired) electrons. The van der Waals surface area contributed by atoms with Gasteiger partial charge in [0.1, 0.15) is 0 Å². The summed E-state index contributed by atoms with van der Waals surface area (Å²) >= 11 is 0. The maximum Gasteiger partial charge on any atom is 0.237 e. The molecular weight excluding hydrogens is 270 g/mol. The Morgan fingerprint density at radius 1 is 1.29 bits per heavy atom. The summed E-state index contributed by atoms with van der Waals surface area (Å²) < 4.78 is 4.98. The topological polar surface area (TPSA) is 74.5 Å². The molecule has 7 heteroatoms. The zero-order valence-corrected chi connectivity index (χ0v) is 13.3. The number of hydrogen-bond acceptors (Lipinski definition) is 6. The molecule has 2 heterocycles. The van der Waals surface area contributed by atoms with E-state index >= 15 is 0 Å². The smallest absolute Gasteiger partial charge is 0.237 e. The molecule has 0 saturated carbocycles. The summed E-state index contributed by atoms with van der Waals surface area (Å²) in [7, 11) is 0. The Kier molecular flexibility index (Phi) is 5.30. The van der Waals surface area contributed by atoms with Crippen LogP contribution < -0.4 is 5.32 Å². The summed E-state index contributed by atoms with van der Waals surface area (Å²) in [5, 5.41) is 6.89. The molecule has 1 atom stereocenters. The number of aromatic nitrogens is 2. The molecule has 1 saturated heterocycles. The fraction of sp³-hybridized carbons (Fsp3) is 0.786. The SMILES string of the molecule is Cc1nc(CN2CCN(C(C)C(=O)NC(C)C)CC2)no1. The van der Waals surface area contributed by atoms with E-state index in [2.05, 4.69) is 25.3 Å². The van der Waals surface area contributed by atoms with Crippen LogP contribution in [0.25, 0.3) is 0 Å². The zero-order chi connectivity index (χ0) is 15.4. The molecule has 1 aliphatic heterocycles. The van der Waals surface area contributed by atoms with Crippen molar-refractivity contribution in [3.63, 3.8) is 0 Å². The summed E-state index contributed by atoms with van der Waals surface area (Å²) in [6.07, 6.45) is 0. The van der Waals surface area contributed by atoms with E-state index in [1.165, 1.54) is 0 Å². The van der Waals surface area contributed by atoms with E-state index in [9.17, 15) is 4.79 Å². The molecule has 1 fully saturated rings. The number of rotatable bonds is 5. The van der Waals surface area contributed by atoms with Gasteiger partial charge in [0.2, 0.25) is 11.8 Å². The zero-order valence-electron chi connectivity index (χ0n) is 13.3. The highest BCUT2D eigenvalue weighted by atomic mass is 16.5. The van der Waals surface area contributed by atoms with Crippen molar-refractivity contribution in [2.75, 3.05) is 26.2 Å². The van der Waals surface area contributed by atoms with E-state index in [0.717, 1.165) is 32.0 Å². The molecule has 0 aromatic carbocycles. The minimum atomic E-state index is -0.0815. The molecule has 7 nitrogen and oxygen atoms in total. The minimum Gasteiger partial charge on any atom is -0.353 e. The lowest BCUT2D eigenvalue weighted by Gasteiger charge is -2.37. The van der Waals surface area contributed by atoms with Gasteiger partial charge >= 0.3 is 0 Å². The van der Waals surface area contributed by atoms with Gasteiger partial charge in [-0.2, -0.15) is 4.98 Å². The van der Waals surface area contributed by atoms with E-state index < -0.39 is 0 Å². The third kappa shape index (κ3) is 4.50. The van der Waals surface area contributed by atoms with Crippen molar-refractivity contribution in [1.82, 2.24) is 25.3 Å². The van der Waals surface area contributed by atoms with Gasteiger partial charge in [0.15, 0.2) is 5.82 Å². The first-order chi connectivity index (χ1) is 9.95. The van der Waals surface area contributed by atoms with Gasteiger partial charge in [-0.25, -0.2) is 0 Å². The van der Waals surface area contributed by atoms with Crippen LogP contribution in [0.4, 0.5) is 0 Å². The van der Waals surface area contributed by atoms with E-state index in [-0.39, 0.29) is 18.0 Å². The summed E-state index contributed by atoms with van der Waals surface area (Å²) in [4.78, 5) is 20.8. The third-order valence-electron chi connectivity index (χ3n) is 3.70. The Labute approximate surface area is 125 Å². The van der Waals surface area contributed by atoms with Crippen molar-refractivity contribution >= 4 is 5.91 Å². The molecule has 0 aliphatic carbocycles. The van der Waals surface area contributed by atoms with Crippen LogP contribution in [0.1, 0.15) is 32.5 Å². The normalized spacial score (nSPS) is 18.9. The summed E-state index contributed by atoms with van der Waals surface area (Å²) in [5.74, 6) is 1.43. The monoisotopic (exact) mass is 295 g/mol. The number of nitrogens with zero attached hydrogens (tertiary/aromatic N) is 4. The maximum absolute atomic E-state index is 12.0. The second kappa shape index (κ2) is 7.00. The van der Waals surface area contributed by atoms with Crippen LogP contribution in [-0.4, -0.2) is 64.1 Å². The third-order valence-corrected chi connectivity index (χ3v) is 3.70. The van der Waals surface area contributed by atoms with Crippen LogP contribution in [0.3, 0.4) is 0 Å². The molecule has 1 aromatic heterocycles. The van der Waals surface area contributed by atoms with Crippen molar-refractivity contribution in [3.05, 3.63) is 11.7 Å². The number of carbonyl (C=O) groups excluding carboxylic acids is 1. The van der Waals surface area contributed by atoms with Crippen molar-refractivity contribution in [2.45, 2.75) is 46.3 Å². The molecule has 0 bridgehead atoms. The van der Waals surface area contributed by atoms with E-state index in [4.69, 9.17) is 4.52 Å². The van der Waals surface area contributed by atoms with Crippen molar-refractivity contribution in [1.29, 1.82) is 0 Å². The lowest BCUT2D eigenvalue weighted by atomic mass is 10.2. The van der Waals surface area contributed by atoms with Gasteiger partial charge < -0.3 is 9.84 Å². The number of piperazine rings is 1. The number of nitrogens with one attached hydrogen (secondary N) is 1. The predicted molar refractivity (Wildman–Crippen MR) is 78.6 cm³/mol. The highest BCUT2D eigenvalue weighted by Gasteiger charge is 2.26. The molecule has 0 spiro atoms. The maximum atomic E-state index is 12.0.